The van der Waals surface area contributed by atoms with Crippen LogP contribution >= 0.6 is 23.3 Å². The number of thioether (sulfide) groups is 1. The van der Waals surface area contributed by atoms with Gasteiger partial charge in [0, 0.05) is 23.0 Å². The molecule has 6 heteroatoms. The Hall–Kier alpha value is -1.14. The maximum atomic E-state index is 5.72. The lowest BCUT2D eigenvalue weighted by Gasteiger charge is -2.02. The summed E-state index contributed by atoms with van der Waals surface area (Å²) in [6.07, 6.45) is 0. The second kappa shape index (κ2) is 4.80. The van der Waals surface area contributed by atoms with Crippen LogP contribution in [0.5, 0.6) is 0 Å². The molecule has 0 saturated heterocycles. The second-order valence-electron chi connectivity index (χ2n) is 3.50. The predicted octanol–water partition coefficient (Wildman–Crippen LogP) is 2.42. The van der Waals surface area contributed by atoms with Gasteiger partial charge >= 0.3 is 0 Å². The SMILES string of the molecule is Cc1cc(C)nc(SCc2nnsc2N)c1. The standard InChI is InChI=1S/C10H12N4S2/c1-6-3-7(2)12-9(4-6)15-5-8-10(11)16-14-13-8/h3-4H,5,11H2,1-2H3. The van der Waals surface area contributed by atoms with Gasteiger partial charge in [-0.25, -0.2) is 4.98 Å². The van der Waals surface area contributed by atoms with Crippen LogP contribution in [0.25, 0.3) is 0 Å². The molecule has 2 rings (SSSR count). The number of rotatable bonds is 3. The zero-order valence-electron chi connectivity index (χ0n) is 9.10. The molecule has 0 aliphatic carbocycles. The molecule has 0 amide bonds. The highest BCUT2D eigenvalue weighted by Gasteiger charge is 2.06. The predicted molar refractivity (Wildman–Crippen MR) is 67.6 cm³/mol. The first kappa shape index (κ1) is 11.3. The van der Waals surface area contributed by atoms with E-state index in [1.807, 2.05) is 6.92 Å². The smallest absolute Gasteiger partial charge is 0.131 e. The molecule has 0 spiro atoms. The monoisotopic (exact) mass is 252 g/mol. The van der Waals surface area contributed by atoms with E-state index in [4.69, 9.17) is 5.73 Å². The first-order valence-electron chi connectivity index (χ1n) is 4.80. The van der Waals surface area contributed by atoms with Crippen molar-refractivity contribution in [2.24, 2.45) is 0 Å². The number of aryl methyl sites for hydroxylation is 2. The van der Waals surface area contributed by atoms with Crippen LogP contribution in [0.4, 0.5) is 5.00 Å². The molecule has 0 aliphatic rings. The molecule has 0 unspecified atom stereocenters. The first-order valence-corrected chi connectivity index (χ1v) is 6.56. The summed E-state index contributed by atoms with van der Waals surface area (Å²) in [6, 6.07) is 4.12. The fourth-order valence-corrected chi connectivity index (χ4v) is 2.85. The van der Waals surface area contributed by atoms with Gasteiger partial charge in [-0.1, -0.05) is 16.3 Å². The Labute approximate surface area is 102 Å². The fourth-order valence-electron chi connectivity index (χ4n) is 1.34. The van der Waals surface area contributed by atoms with E-state index in [0.29, 0.717) is 5.00 Å². The molecule has 0 aromatic carbocycles. The number of hydrogen-bond donors (Lipinski definition) is 1. The van der Waals surface area contributed by atoms with Crippen molar-refractivity contribution in [2.45, 2.75) is 24.6 Å². The van der Waals surface area contributed by atoms with E-state index in [9.17, 15) is 0 Å². The number of nitrogens with two attached hydrogens (primary N) is 1. The summed E-state index contributed by atoms with van der Waals surface area (Å²) >= 11 is 2.86. The molecule has 0 fully saturated rings. The van der Waals surface area contributed by atoms with Crippen LogP contribution in [-0.4, -0.2) is 14.6 Å². The van der Waals surface area contributed by atoms with E-state index < -0.39 is 0 Å². The Morgan fingerprint density at radius 1 is 1.38 bits per heavy atom. The van der Waals surface area contributed by atoms with E-state index in [-0.39, 0.29) is 0 Å². The Bertz CT molecular complexity index is 475. The summed E-state index contributed by atoms with van der Waals surface area (Å²) in [5.74, 6) is 0.720. The van der Waals surface area contributed by atoms with Crippen LogP contribution in [0.15, 0.2) is 17.2 Å². The van der Waals surface area contributed by atoms with Gasteiger partial charge in [0.1, 0.15) is 10.7 Å². The molecule has 0 bridgehead atoms. The molecular formula is C10H12N4S2. The molecule has 2 aromatic heterocycles. The summed E-state index contributed by atoms with van der Waals surface area (Å²) in [5, 5.41) is 5.67. The van der Waals surface area contributed by atoms with Gasteiger partial charge in [0.15, 0.2) is 0 Å². The third-order valence-corrected chi connectivity index (χ3v) is 3.53. The van der Waals surface area contributed by atoms with Crippen molar-refractivity contribution in [3.63, 3.8) is 0 Å². The lowest BCUT2D eigenvalue weighted by Crippen LogP contribution is -1.91. The van der Waals surface area contributed by atoms with Crippen molar-refractivity contribution in [2.75, 3.05) is 5.73 Å². The number of aromatic nitrogens is 3. The molecule has 16 heavy (non-hydrogen) atoms. The topological polar surface area (TPSA) is 64.7 Å². The normalized spacial score (nSPS) is 10.6. The average Bonchev–Trinajstić information content (AvgIpc) is 2.59. The molecule has 2 heterocycles. The average molecular weight is 252 g/mol. The minimum Gasteiger partial charge on any atom is -0.388 e. The fraction of sp³-hybridized carbons (Fsp3) is 0.300. The molecule has 0 atom stereocenters. The molecule has 2 aromatic rings. The van der Waals surface area contributed by atoms with Crippen molar-refractivity contribution in [1.29, 1.82) is 0 Å². The number of nitrogens with zero attached hydrogens (tertiary/aromatic N) is 3. The molecule has 84 valence electrons. The van der Waals surface area contributed by atoms with Crippen molar-refractivity contribution >= 4 is 28.3 Å². The molecule has 4 nitrogen and oxygen atoms in total. The zero-order valence-corrected chi connectivity index (χ0v) is 10.7. The van der Waals surface area contributed by atoms with Crippen LogP contribution < -0.4 is 5.73 Å². The molecule has 0 aliphatic heterocycles. The molecular weight excluding hydrogens is 240 g/mol. The van der Waals surface area contributed by atoms with Gasteiger partial charge in [-0.2, -0.15) is 0 Å². The number of nitrogen functional groups attached to an aromatic ring is 1. The van der Waals surface area contributed by atoms with Crippen molar-refractivity contribution in [3.8, 4) is 0 Å². The zero-order chi connectivity index (χ0) is 11.5. The maximum absolute atomic E-state index is 5.72. The minimum atomic E-state index is 0.692. The van der Waals surface area contributed by atoms with E-state index in [1.54, 1.807) is 11.8 Å². The van der Waals surface area contributed by atoms with Gasteiger partial charge in [-0.05, 0) is 31.5 Å². The van der Waals surface area contributed by atoms with Gasteiger partial charge in [-0.3, -0.25) is 0 Å². The van der Waals surface area contributed by atoms with Gasteiger partial charge in [0.2, 0.25) is 0 Å². The van der Waals surface area contributed by atoms with Crippen molar-refractivity contribution in [1.82, 2.24) is 14.6 Å². The summed E-state index contributed by atoms with van der Waals surface area (Å²) in [4.78, 5) is 4.44. The van der Waals surface area contributed by atoms with Crippen molar-refractivity contribution in [3.05, 3.63) is 29.1 Å². The molecule has 0 saturated carbocycles. The van der Waals surface area contributed by atoms with Gasteiger partial charge in [0.25, 0.3) is 0 Å². The molecule has 0 radical (unpaired) electrons. The third-order valence-electron chi connectivity index (χ3n) is 2.02. The lowest BCUT2D eigenvalue weighted by atomic mass is 10.3. The van der Waals surface area contributed by atoms with E-state index in [0.717, 1.165) is 22.2 Å². The van der Waals surface area contributed by atoms with Crippen LogP contribution in [-0.2, 0) is 5.75 Å². The van der Waals surface area contributed by atoms with E-state index >= 15 is 0 Å². The highest BCUT2D eigenvalue weighted by Crippen LogP contribution is 2.25. The van der Waals surface area contributed by atoms with Gasteiger partial charge < -0.3 is 5.73 Å². The van der Waals surface area contributed by atoms with Crippen LogP contribution in [0.2, 0.25) is 0 Å². The first-order chi connectivity index (χ1) is 7.65. The summed E-state index contributed by atoms with van der Waals surface area (Å²) in [5.41, 5.74) is 8.82. The lowest BCUT2D eigenvalue weighted by molar-refractivity contribution is 1.04. The second-order valence-corrected chi connectivity index (χ2v) is 5.28. The quantitative estimate of drug-likeness (QED) is 0.850. The highest BCUT2D eigenvalue weighted by atomic mass is 32.2. The van der Waals surface area contributed by atoms with Gasteiger partial charge in [-0.15, -0.1) is 5.10 Å². The maximum Gasteiger partial charge on any atom is 0.131 e. The molecule has 2 N–H and O–H groups in total. The summed E-state index contributed by atoms with van der Waals surface area (Å²) in [7, 11) is 0. The summed E-state index contributed by atoms with van der Waals surface area (Å²) in [6.45, 7) is 4.06. The Morgan fingerprint density at radius 2 is 2.19 bits per heavy atom. The Morgan fingerprint density at radius 3 is 2.81 bits per heavy atom. The minimum absolute atomic E-state index is 0.692. The van der Waals surface area contributed by atoms with Crippen LogP contribution in [0.1, 0.15) is 17.0 Å². The van der Waals surface area contributed by atoms with Crippen LogP contribution in [0.3, 0.4) is 0 Å². The Balaban J connectivity index is 2.07. The van der Waals surface area contributed by atoms with Crippen LogP contribution in [0, 0.1) is 13.8 Å². The summed E-state index contributed by atoms with van der Waals surface area (Å²) < 4.78 is 3.80. The van der Waals surface area contributed by atoms with Gasteiger partial charge in [0.05, 0.1) is 5.03 Å². The van der Waals surface area contributed by atoms with Crippen molar-refractivity contribution < 1.29 is 0 Å². The number of pyridine rings is 1. The highest BCUT2D eigenvalue weighted by molar-refractivity contribution is 7.98. The van der Waals surface area contributed by atoms with E-state index in [2.05, 4.69) is 33.6 Å². The number of anilines is 1. The largest absolute Gasteiger partial charge is 0.388 e. The Kier molecular flexibility index (Phi) is 3.40. The number of hydrogen-bond acceptors (Lipinski definition) is 6. The van der Waals surface area contributed by atoms with E-state index in [1.165, 1.54) is 17.1 Å². The third kappa shape index (κ3) is 2.70.